The highest BCUT2D eigenvalue weighted by Crippen LogP contribution is 2.29. The van der Waals surface area contributed by atoms with Crippen molar-refractivity contribution in [2.24, 2.45) is 5.92 Å². The van der Waals surface area contributed by atoms with Crippen LogP contribution in [0.3, 0.4) is 0 Å². The van der Waals surface area contributed by atoms with Crippen LogP contribution in [0.4, 0.5) is 0 Å². The molecule has 1 fully saturated rings. The Balaban J connectivity index is 1.57. The number of carbonyl (C=O) groups excluding carboxylic acids is 2. The zero-order chi connectivity index (χ0) is 20.8. The van der Waals surface area contributed by atoms with Gasteiger partial charge in [-0.25, -0.2) is 0 Å². The molecule has 2 atom stereocenters. The van der Waals surface area contributed by atoms with E-state index < -0.39 is 6.04 Å². The number of thiophene rings is 1. The van der Waals surface area contributed by atoms with Gasteiger partial charge < -0.3 is 10.6 Å². The smallest absolute Gasteiger partial charge is 0.251 e. The lowest BCUT2D eigenvalue weighted by atomic mass is 9.97. The number of benzene rings is 1. The molecule has 1 aromatic carbocycles. The van der Waals surface area contributed by atoms with E-state index in [2.05, 4.69) is 40.0 Å². The second-order valence-electron chi connectivity index (χ2n) is 8.06. The zero-order valence-electron chi connectivity index (χ0n) is 17.5. The fraction of sp³-hybridized carbons (Fsp3) is 0.478. The Kier molecular flexibility index (Phi) is 7.45. The van der Waals surface area contributed by atoms with E-state index in [9.17, 15) is 9.59 Å². The van der Waals surface area contributed by atoms with Gasteiger partial charge in [0.15, 0.2) is 0 Å². The molecule has 0 aliphatic carbocycles. The lowest BCUT2D eigenvalue weighted by Crippen LogP contribution is -2.48. The van der Waals surface area contributed by atoms with Crippen molar-refractivity contribution in [3.8, 4) is 0 Å². The Bertz CT molecular complexity index is 813. The van der Waals surface area contributed by atoms with E-state index in [1.54, 1.807) is 24.3 Å². The summed E-state index contributed by atoms with van der Waals surface area (Å²) in [5, 5.41) is 7.95. The minimum atomic E-state index is -0.589. The third-order valence-corrected chi connectivity index (χ3v) is 6.59. The van der Waals surface area contributed by atoms with Gasteiger partial charge >= 0.3 is 0 Å². The maximum Gasteiger partial charge on any atom is 0.251 e. The summed E-state index contributed by atoms with van der Waals surface area (Å²) in [4.78, 5) is 28.8. The molecule has 2 N–H and O–H groups in total. The van der Waals surface area contributed by atoms with Crippen molar-refractivity contribution in [3.05, 3.63) is 57.8 Å². The second kappa shape index (κ2) is 10.0. The summed E-state index contributed by atoms with van der Waals surface area (Å²) >= 11 is 1.73. The van der Waals surface area contributed by atoms with E-state index in [-0.39, 0.29) is 17.9 Å². The Morgan fingerprint density at radius 1 is 1.21 bits per heavy atom. The largest absolute Gasteiger partial charge is 0.352 e. The minimum absolute atomic E-state index is 0.155. The minimum Gasteiger partial charge on any atom is -0.352 e. The number of hydrogen-bond acceptors (Lipinski definition) is 4. The van der Waals surface area contributed by atoms with Crippen molar-refractivity contribution in [2.75, 3.05) is 19.6 Å². The molecule has 156 valence electrons. The van der Waals surface area contributed by atoms with Crippen LogP contribution >= 0.6 is 11.3 Å². The number of piperidine rings is 1. The van der Waals surface area contributed by atoms with Crippen LogP contribution in [0.25, 0.3) is 0 Å². The highest BCUT2D eigenvalue weighted by Gasteiger charge is 2.26. The molecule has 2 heterocycles. The maximum atomic E-state index is 12.6. The standard InChI is InChI=1S/C23H31N3O2S/c1-16-9-11-26(12-10-16)20(21-8-5-13-29-21)15-24-22(27)18(3)25-23(28)19-7-4-6-17(2)14-19/h4-8,13-14,16,18,20H,9-12,15H2,1-3H3,(H,24,27)(H,25,28). The van der Waals surface area contributed by atoms with Crippen LogP contribution in [0.15, 0.2) is 41.8 Å². The Morgan fingerprint density at radius 2 is 1.97 bits per heavy atom. The average molecular weight is 414 g/mol. The number of nitrogens with zero attached hydrogens (tertiary/aromatic N) is 1. The number of aryl methyl sites for hydroxylation is 1. The Hall–Kier alpha value is -2.18. The van der Waals surface area contributed by atoms with Crippen molar-refractivity contribution in [1.29, 1.82) is 0 Å². The van der Waals surface area contributed by atoms with E-state index in [0.29, 0.717) is 12.1 Å². The first kappa shape index (κ1) is 21.5. The van der Waals surface area contributed by atoms with Crippen LogP contribution in [0.2, 0.25) is 0 Å². The van der Waals surface area contributed by atoms with Gasteiger partial charge in [-0.15, -0.1) is 11.3 Å². The molecule has 1 aliphatic heterocycles. The molecule has 0 saturated carbocycles. The van der Waals surface area contributed by atoms with Crippen molar-refractivity contribution in [2.45, 2.75) is 45.7 Å². The van der Waals surface area contributed by atoms with Crippen molar-refractivity contribution in [1.82, 2.24) is 15.5 Å². The van der Waals surface area contributed by atoms with Gasteiger partial charge in [-0.3, -0.25) is 14.5 Å². The predicted octanol–water partition coefficient (Wildman–Crippen LogP) is 3.76. The van der Waals surface area contributed by atoms with E-state index in [0.717, 1.165) is 24.6 Å². The van der Waals surface area contributed by atoms with Gasteiger partial charge in [-0.2, -0.15) is 0 Å². The Labute approximate surface area is 177 Å². The van der Waals surface area contributed by atoms with Gasteiger partial charge in [0.05, 0.1) is 6.04 Å². The molecule has 0 spiro atoms. The predicted molar refractivity (Wildman–Crippen MR) is 118 cm³/mol. The van der Waals surface area contributed by atoms with Crippen LogP contribution in [0, 0.1) is 12.8 Å². The third kappa shape index (κ3) is 5.90. The molecule has 5 nitrogen and oxygen atoms in total. The summed E-state index contributed by atoms with van der Waals surface area (Å²) in [5.74, 6) is 0.385. The molecular weight excluding hydrogens is 382 g/mol. The lowest BCUT2D eigenvalue weighted by Gasteiger charge is -2.36. The molecule has 1 aliphatic rings. The number of carbonyl (C=O) groups is 2. The summed E-state index contributed by atoms with van der Waals surface area (Å²) in [7, 11) is 0. The molecule has 2 unspecified atom stereocenters. The summed E-state index contributed by atoms with van der Waals surface area (Å²) < 4.78 is 0. The van der Waals surface area contributed by atoms with Gasteiger partial charge in [0, 0.05) is 17.0 Å². The summed E-state index contributed by atoms with van der Waals surface area (Å²) in [6, 6.07) is 11.2. The molecule has 6 heteroatoms. The topological polar surface area (TPSA) is 61.4 Å². The molecule has 0 bridgehead atoms. The zero-order valence-corrected chi connectivity index (χ0v) is 18.3. The number of nitrogens with one attached hydrogen (secondary N) is 2. The van der Waals surface area contributed by atoms with Gasteiger partial charge in [0.25, 0.3) is 5.91 Å². The van der Waals surface area contributed by atoms with Crippen molar-refractivity contribution < 1.29 is 9.59 Å². The monoisotopic (exact) mass is 413 g/mol. The molecular formula is C23H31N3O2S. The normalized spacial score (nSPS) is 17.5. The first-order valence-corrected chi connectivity index (χ1v) is 11.2. The highest BCUT2D eigenvalue weighted by molar-refractivity contribution is 7.10. The van der Waals surface area contributed by atoms with Gasteiger partial charge in [0.2, 0.25) is 5.91 Å². The van der Waals surface area contributed by atoms with Crippen molar-refractivity contribution >= 4 is 23.2 Å². The van der Waals surface area contributed by atoms with E-state index >= 15 is 0 Å². The van der Waals surface area contributed by atoms with Gasteiger partial charge in [0.1, 0.15) is 6.04 Å². The van der Waals surface area contributed by atoms with Crippen LogP contribution in [-0.4, -0.2) is 42.4 Å². The lowest BCUT2D eigenvalue weighted by molar-refractivity contribution is -0.122. The first-order chi connectivity index (χ1) is 13.9. The Morgan fingerprint density at radius 3 is 2.62 bits per heavy atom. The molecule has 1 aromatic heterocycles. The van der Waals surface area contributed by atoms with Crippen LogP contribution in [-0.2, 0) is 4.79 Å². The van der Waals surface area contributed by atoms with E-state index in [4.69, 9.17) is 0 Å². The van der Waals surface area contributed by atoms with E-state index in [1.165, 1.54) is 17.7 Å². The number of likely N-dealkylation sites (tertiary alicyclic amines) is 1. The third-order valence-electron chi connectivity index (χ3n) is 5.62. The first-order valence-electron chi connectivity index (χ1n) is 10.4. The SMILES string of the molecule is Cc1cccc(C(=O)NC(C)C(=O)NCC(c2cccs2)N2CCC(C)CC2)c1. The average Bonchev–Trinajstić information content (AvgIpc) is 3.23. The highest BCUT2D eigenvalue weighted by atomic mass is 32.1. The summed E-state index contributed by atoms with van der Waals surface area (Å²) in [6.07, 6.45) is 2.39. The molecule has 2 amide bonds. The summed E-state index contributed by atoms with van der Waals surface area (Å²) in [6.45, 7) is 8.64. The summed E-state index contributed by atoms with van der Waals surface area (Å²) in [5.41, 5.74) is 1.59. The van der Waals surface area contributed by atoms with Crippen LogP contribution in [0.1, 0.15) is 53.5 Å². The molecule has 2 aromatic rings. The molecule has 3 rings (SSSR count). The van der Waals surface area contributed by atoms with Gasteiger partial charge in [-0.05, 0) is 69.3 Å². The fourth-order valence-corrected chi connectivity index (χ4v) is 4.57. The molecule has 0 radical (unpaired) electrons. The number of hydrogen-bond donors (Lipinski definition) is 2. The quantitative estimate of drug-likeness (QED) is 0.726. The van der Waals surface area contributed by atoms with Gasteiger partial charge in [-0.1, -0.05) is 30.7 Å². The number of amides is 2. The molecule has 29 heavy (non-hydrogen) atoms. The molecule has 1 saturated heterocycles. The van der Waals surface area contributed by atoms with Crippen LogP contribution in [0.5, 0.6) is 0 Å². The van der Waals surface area contributed by atoms with Crippen LogP contribution < -0.4 is 10.6 Å². The fourth-order valence-electron chi connectivity index (χ4n) is 3.71. The maximum absolute atomic E-state index is 12.6. The second-order valence-corrected chi connectivity index (χ2v) is 9.04. The van der Waals surface area contributed by atoms with E-state index in [1.807, 2.05) is 25.1 Å². The van der Waals surface area contributed by atoms with Crippen molar-refractivity contribution in [3.63, 3.8) is 0 Å². The number of rotatable bonds is 7.